The van der Waals surface area contributed by atoms with Crippen molar-refractivity contribution in [2.45, 2.75) is 48.3 Å². The van der Waals surface area contributed by atoms with Crippen LogP contribution in [0.15, 0.2) is 53.4 Å². The maximum Gasteiger partial charge on any atom is 0.325 e. The molecule has 0 spiro atoms. The predicted octanol–water partition coefficient (Wildman–Crippen LogP) is 3.06. The minimum atomic E-state index is -4.07. The Labute approximate surface area is 167 Å². The highest BCUT2D eigenvalue weighted by Gasteiger charge is 2.52. The number of carboxylic acid groups (broad SMARTS) is 1. The lowest BCUT2D eigenvalue weighted by molar-refractivity contribution is -0.151. The first-order valence-corrected chi connectivity index (χ1v) is 10.7. The molecule has 29 heavy (non-hydrogen) atoms. The van der Waals surface area contributed by atoms with Crippen LogP contribution in [0.3, 0.4) is 0 Å². The van der Waals surface area contributed by atoms with Gasteiger partial charge in [-0.15, -0.1) is 0 Å². The highest BCUT2D eigenvalue weighted by atomic mass is 32.2. The largest absolute Gasteiger partial charge is 0.480 e. The molecule has 2 heterocycles. The van der Waals surface area contributed by atoms with E-state index in [0.29, 0.717) is 11.5 Å². The summed E-state index contributed by atoms with van der Waals surface area (Å²) in [6.07, 6.45) is 1.17. The van der Waals surface area contributed by atoms with E-state index in [1.165, 1.54) is 48.5 Å². The summed E-state index contributed by atoms with van der Waals surface area (Å²) in [7, 11) is -4.07. The quantitative estimate of drug-likeness (QED) is 0.743. The molecule has 4 rings (SSSR count). The van der Waals surface area contributed by atoms with Crippen LogP contribution in [0.5, 0.6) is 11.5 Å². The van der Waals surface area contributed by atoms with Gasteiger partial charge in [0.05, 0.1) is 17.1 Å². The maximum atomic E-state index is 13.0. The van der Waals surface area contributed by atoms with Gasteiger partial charge >= 0.3 is 5.97 Å². The molecule has 2 aliphatic heterocycles. The summed E-state index contributed by atoms with van der Waals surface area (Å²) in [6, 6.07) is 11.0. The number of aliphatic carboxylic acids is 1. The number of hydrogen-bond acceptors (Lipinski definition) is 5. The molecule has 0 aromatic heterocycles. The van der Waals surface area contributed by atoms with E-state index in [9.17, 15) is 22.7 Å². The van der Waals surface area contributed by atoms with Gasteiger partial charge in [0.2, 0.25) is 10.0 Å². The van der Waals surface area contributed by atoms with E-state index in [1.54, 1.807) is 0 Å². The van der Waals surface area contributed by atoms with Gasteiger partial charge in [0.25, 0.3) is 0 Å². The molecule has 154 valence electrons. The molecule has 0 unspecified atom stereocenters. The second-order valence-corrected chi connectivity index (χ2v) is 9.07. The van der Waals surface area contributed by atoms with Crippen LogP contribution in [0, 0.1) is 5.82 Å². The average Bonchev–Trinajstić information content (AvgIpc) is 3.02. The second-order valence-electron chi connectivity index (χ2n) is 7.39. The summed E-state index contributed by atoms with van der Waals surface area (Å²) in [5.74, 6) is -0.813. The van der Waals surface area contributed by atoms with E-state index < -0.39 is 27.3 Å². The minimum Gasteiger partial charge on any atom is -0.480 e. The zero-order valence-electron chi connectivity index (χ0n) is 15.4. The van der Waals surface area contributed by atoms with E-state index >= 15 is 0 Å². The molecular weight excluding hydrogens is 401 g/mol. The number of halogens is 1. The smallest absolute Gasteiger partial charge is 0.325 e. The molecule has 3 atom stereocenters. The zero-order valence-corrected chi connectivity index (χ0v) is 16.2. The Morgan fingerprint density at radius 3 is 2.07 bits per heavy atom. The standard InChI is InChI=1S/C20H20FNO6S/c21-13-1-3-14(4-2-13)27-15-7-9-18(10-8-15)29(25,26)22-20(19(23)24)11-16-5-6-17(12-20)28-16/h1-4,7-10,16-17,22H,5-6,11-12H2,(H,23,24)/t16-,17+,20-. The second kappa shape index (κ2) is 7.40. The first-order valence-electron chi connectivity index (χ1n) is 9.22. The van der Waals surface area contributed by atoms with Crippen LogP contribution in [-0.2, 0) is 19.6 Å². The Hall–Kier alpha value is -2.49. The van der Waals surface area contributed by atoms with E-state index in [0.717, 1.165) is 12.8 Å². The van der Waals surface area contributed by atoms with Gasteiger partial charge in [0.1, 0.15) is 22.9 Å². The Balaban J connectivity index is 1.52. The van der Waals surface area contributed by atoms with Crippen LogP contribution in [0.1, 0.15) is 25.7 Å². The fourth-order valence-corrected chi connectivity index (χ4v) is 5.26. The number of hydrogen-bond donors (Lipinski definition) is 2. The fourth-order valence-electron chi connectivity index (χ4n) is 3.88. The van der Waals surface area contributed by atoms with Crippen molar-refractivity contribution in [3.05, 3.63) is 54.3 Å². The van der Waals surface area contributed by atoms with Gasteiger partial charge in [-0.1, -0.05) is 0 Å². The van der Waals surface area contributed by atoms with Crippen molar-refractivity contribution in [3.8, 4) is 11.5 Å². The molecule has 2 aliphatic rings. The molecule has 9 heteroatoms. The van der Waals surface area contributed by atoms with E-state index in [4.69, 9.17) is 9.47 Å². The lowest BCUT2D eigenvalue weighted by Crippen LogP contribution is -2.59. The van der Waals surface area contributed by atoms with Crippen molar-refractivity contribution >= 4 is 16.0 Å². The van der Waals surface area contributed by atoms with Gasteiger partial charge in [-0.25, -0.2) is 12.8 Å². The van der Waals surface area contributed by atoms with Crippen LogP contribution in [0.4, 0.5) is 4.39 Å². The molecule has 2 aromatic carbocycles. The van der Waals surface area contributed by atoms with Crippen LogP contribution in [0.25, 0.3) is 0 Å². The Morgan fingerprint density at radius 1 is 1.03 bits per heavy atom. The first kappa shape index (κ1) is 19.8. The Kier molecular flexibility index (Phi) is 5.05. The molecule has 7 nitrogen and oxygen atoms in total. The molecule has 0 saturated carbocycles. The molecule has 2 bridgehead atoms. The van der Waals surface area contributed by atoms with Crippen molar-refractivity contribution in [2.75, 3.05) is 0 Å². The first-order chi connectivity index (χ1) is 13.8. The van der Waals surface area contributed by atoms with Crippen LogP contribution < -0.4 is 9.46 Å². The summed E-state index contributed by atoms with van der Waals surface area (Å²) < 4.78 is 52.3. The summed E-state index contributed by atoms with van der Waals surface area (Å²) in [4.78, 5) is 11.9. The molecule has 0 amide bonds. The zero-order chi connectivity index (χ0) is 20.6. The van der Waals surface area contributed by atoms with Crippen LogP contribution in [-0.4, -0.2) is 37.2 Å². The maximum absolute atomic E-state index is 13.0. The number of carbonyl (C=O) groups is 1. The highest BCUT2D eigenvalue weighted by Crippen LogP contribution is 2.39. The molecule has 0 aliphatic carbocycles. The lowest BCUT2D eigenvalue weighted by atomic mass is 9.88. The Bertz CT molecular complexity index is 994. The van der Waals surface area contributed by atoms with Gasteiger partial charge < -0.3 is 14.6 Å². The van der Waals surface area contributed by atoms with Gasteiger partial charge in [-0.05, 0) is 61.4 Å². The van der Waals surface area contributed by atoms with E-state index in [-0.39, 0.29) is 29.9 Å². The fraction of sp³-hybridized carbons (Fsp3) is 0.350. The van der Waals surface area contributed by atoms with Crippen molar-refractivity contribution < 1.29 is 32.2 Å². The molecule has 2 N–H and O–H groups in total. The topological polar surface area (TPSA) is 102 Å². The van der Waals surface area contributed by atoms with Gasteiger partial charge in [-0.3, -0.25) is 4.79 Å². The number of carboxylic acids is 1. The molecule has 2 aromatic rings. The number of sulfonamides is 1. The number of rotatable bonds is 6. The normalized spacial score (nSPS) is 26.2. The average molecular weight is 421 g/mol. The predicted molar refractivity (Wildman–Crippen MR) is 101 cm³/mol. The van der Waals surface area contributed by atoms with Gasteiger partial charge in [-0.2, -0.15) is 4.72 Å². The van der Waals surface area contributed by atoms with Crippen molar-refractivity contribution in [3.63, 3.8) is 0 Å². The number of benzene rings is 2. The highest BCUT2D eigenvalue weighted by molar-refractivity contribution is 7.89. The van der Waals surface area contributed by atoms with E-state index in [2.05, 4.69) is 4.72 Å². The molecule has 2 saturated heterocycles. The third-order valence-electron chi connectivity index (χ3n) is 5.27. The summed E-state index contributed by atoms with van der Waals surface area (Å²) >= 11 is 0. The SMILES string of the molecule is O=C(O)[C@@]1(NS(=O)(=O)c2ccc(Oc3ccc(F)cc3)cc2)C[C@H]2CC[C@@H](C1)O2. The third kappa shape index (κ3) is 4.12. The van der Waals surface area contributed by atoms with Crippen molar-refractivity contribution in [1.82, 2.24) is 4.72 Å². The summed E-state index contributed by atoms with van der Waals surface area (Å²) in [5.41, 5.74) is -1.58. The van der Waals surface area contributed by atoms with Gasteiger partial charge in [0, 0.05) is 12.8 Å². The van der Waals surface area contributed by atoms with Crippen LogP contribution in [0.2, 0.25) is 0 Å². The number of ether oxygens (including phenoxy) is 2. The third-order valence-corrected chi connectivity index (χ3v) is 6.82. The lowest BCUT2D eigenvalue weighted by Gasteiger charge is -2.37. The monoisotopic (exact) mass is 421 g/mol. The summed E-state index contributed by atoms with van der Waals surface area (Å²) in [6.45, 7) is 0. The van der Waals surface area contributed by atoms with E-state index in [1.807, 2.05) is 0 Å². The van der Waals surface area contributed by atoms with Crippen LogP contribution >= 0.6 is 0 Å². The van der Waals surface area contributed by atoms with Crippen molar-refractivity contribution in [2.24, 2.45) is 0 Å². The number of fused-ring (bicyclic) bond motifs is 2. The number of nitrogens with one attached hydrogen (secondary N) is 1. The minimum absolute atomic E-state index is 0.0663. The van der Waals surface area contributed by atoms with Crippen molar-refractivity contribution in [1.29, 1.82) is 0 Å². The molecule has 2 fully saturated rings. The molecular formula is C20H20FNO6S. The summed E-state index contributed by atoms with van der Waals surface area (Å²) in [5, 5.41) is 9.76. The molecule has 0 radical (unpaired) electrons. The van der Waals surface area contributed by atoms with Gasteiger partial charge in [0.15, 0.2) is 0 Å². The Morgan fingerprint density at radius 2 is 1.55 bits per heavy atom.